The van der Waals surface area contributed by atoms with Crippen LogP contribution in [0.5, 0.6) is 0 Å². The fraction of sp³-hybridized carbons (Fsp3) is 0.500. The summed E-state index contributed by atoms with van der Waals surface area (Å²) in [7, 11) is 0. The number of rotatable bonds is 4. The Labute approximate surface area is 142 Å². The molecular weight excluding hydrogens is 385 g/mol. The predicted molar refractivity (Wildman–Crippen MR) is 96.8 cm³/mol. The number of halogens is 1. The van der Waals surface area contributed by atoms with Crippen LogP contribution in [0.2, 0.25) is 0 Å². The van der Waals surface area contributed by atoms with Crippen LogP contribution in [0.3, 0.4) is 0 Å². The van der Waals surface area contributed by atoms with E-state index in [9.17, 15) is 0 Å². The molecule has 4 nitrogen and oxygen atoms in total. The Bertz CT molecular complexity index is 436. The molecule has 1 fully saturated rings. The first kappa shape index (κ1) is 17.6. The van der Waals surface area contributed by atoms with E-state index in [2.05, 4.69) is 40.4 Å². The van der Waals surface area contributed by atoms with Crippen LogP contribution in [0, 0.1) is 0 Å². The number of nitrogens with zero attached hydrogens (tertiary/aromatic N) is 2. The van der Waals surface area contributed by atoms with Gasteiger partial charge in [0, 0.05) is 18.8 Å². The molecule has 1 saturated heterocycles. The van der Waals surface area contributed by atoms with Gasteiger partial charge in [0.2, 0.25) is 0 Å². The topological polar surface area (TPSA) is 50.8 Å². The monoisotopic (exact) mass is 407 g/mol. The average Bonchev–Trinajstić information content (AvgIpc) is 2.46. The molecule has 0 aliphatic carbocycles. The number of thioether (sulfide) groups is 1. The lowest BCUT2D eigenvalue weighted by atomic mass is 10.1. The molecule has 1 aromatic rings. The van der Waals surface area contributed by atoms with Gasteiger partial charge in [-0.1, -0.05) is 24.3 Å². The van der Waals surface area contributed by atoms with Crippen molar-refractivity contribution in [3.63, 3.8) is 0 Å². The first-order chi connectivity index (χ1) is 9.29. The standard InChI is InChI=1S/C14H21N3OS.HI/c1-19-11-13-4-2-3-12(9-13)10-16-14(15)17-5-7-18-8-6-17;/h2-4,9H,5-8,10-11H2,1H3,(H2,15,16);1H. The number of hydrogen-bond acceptors (Lipinski definition) is 3. The maximum absolute atomic E-state index is 6.01. The summed E-state index contributed by atoms with van der Waals surface area (Å²) in [6.45, 7) is 3.79. The smallest absolute Gasteiger partial charge is 0.191 e. The van der Waals surface area contributed by atoms with E-state index in [0.29, 0.717) is 12.5 Å². The minimum Gasteiger partial charge on any atom is -0.378 e. The molecule has 2 rings (SSSR count). The van der Waals surface area contributed by atoms with Crippen LogP contribution in [-0.2, 0) is 17.0 Å². The number of guanidine groups is 1. The Morgan fingerprint density at radius 2 is 2.05 bits per heavy atom. The second-order valence-corrected chi connectivity index (χ2v) is 5.39. The van der Waals surface area contributed by atoms with E-state index >= 15 is 0 Å². The molecule has 0 spiro atoms. The van der Waals surface area contributed by atoms with Gasteiger partial charge in [-0.2, -0.15) is 11.8 Å². The van der Waals surface area contributed by atoms with Crippen molar-refractivity contribution in [2.45, 2.75) is 12.3 Å². The number of hydrogen-bond donors (Lipinski definition) is 1. The van der Waals surface area contributed by atoms with Crippen molar-refractivity contribution in [1.29, 1.82) is 0 Å². The largest absolute Gasteiger partial charge is 0.378 e. The number of ether oxygens (including phenoxy) is 1. The molecule has 2 N–H and O–H groups in total. The molecule has 1 aliphatic rings. The zero-order valence-corrected chi connectivity index (χ0v) is 14.9. The van der Waals surface area contributed by atoms with Crippen molar-refractivity contribution >= 4 is 41.7 Å². The summed E-state index contributed by atoms with van der Waals surface area (Å²) < 4.78 is 5.30. The molecule has 0 radical (unpaired) electrons. The molecule has 20 heavy (non-hydrogen) atoms. The van der Waals surface area contributed by atoms with E-state index in [1.807, 2.05) is 11.8 Å². The maximum Gasteiger partial charge on any atom is 0.191 e. The van der Waals surface area contributed by atoms with Crippen molar-refractivity contribution in [1.82, 2.24) is 4.90 Å². The fourth-order valence-electron chi connectivity index (χ4n) is 2.05. The Hall–Kier alpha value is -0.470. The maximum atomic E-state index is 6.01. The summed E-state index contributed by atoms with van der Waals surface area (Å²) in [5.41, 5.74) is 8.56. The Balaban J connectivity index is 0.00000200. The molecular formula is C14H22IN3OS. The summed E-state index contributed by atoms with van der Waals surface area (Å²) in [5.74, 6) is 1.66. The minimum absolute atomic E-state index is 0. The predicted octanol–water partition coefficient (Wildman–Crippen LogP) is 2.31. The molecule has 0 saturated carbocycles. The Morgan fingerprint density at radius 3 is 2.75 bits per heavy atom. The van der Waals surface area contributed by atoms with Crippen LogP contribution in [-0.4, -0.2) is 43.4 Å². The van der Waals surface area contributed by atoms with Crippen LogP contribution in [0.4, 0.5) is 0 Å². The molecule has 1 heterocycles. The van der Waals surface area contributed by atoms with Gasteiger partial charge in [-0.3, -0.25) is 0 Å². The van der Waals surface area contributed by atoms with Gasteiger partial charge < -0.3 is 15.4 Å². The average molecular weight is 407 g/mol. The lowest BCUT2D eigenvalue weighted by molar-refractivity contribution is 0.0674. The van der Waals surface area contributed by atoms with Gasteiger partial charge in [-0.15, -0.1) is 24.0 Å². The molecule has 0 bridgehead atoms. The molecule has 0 atom stereocenters. The van der Waals surface area contributed by atoms with E-state index < -0.39 is 0 Å². The lowest BCUT2D eigenvalue weighted by Gasteiger charge is -2.27. The molecule has 1 aliphatic heterocycles. The van der Waals surface area contributed by atoms with Crippen molar-refractivity contribution in [3.8, 4) is 0 Å². The highest BCUT2D eigenvalue weighted by Crippen LogP contribution is 2.12. The molecule has 0 unspecified atom stereocenters. The highest BCUT2D eigenvalue weighted by molar-refractivity contribution is 14.0. The highest BCUT2D eigenvalue weighted by atomic mass is 127. The summed E-state index contributed by atoms with van der Waals surface area (Å²) in [4.78, 5) is 6.56. The molecule has 6 heteroatoms. The Kier molecular flexibility index (Phi) is 8.32. The van der Waals surface area contributed by atoms with Gasteiger partial charge in [-0.25, -0.2) is 4.99 Å². The minimum atomic E-state index is 0. The highest BCUT2D eigenvalue weighted by Gasteiger charge is 2.11. The van der Waals surface area contributed by atoms with E-state index in [0.717, 1.165) is 32.1 Å². The second-order valence-electron chi connectivity index (χ2n) is 4.53. The Morgan fingerprint density at radius 1 is 1.35 bits per heavy atom. The van der Waals surface area contributed by atoms with Crippen molar-refractivity contribution in [3.05, 3.63) is 35.4 Å². The van der Waals surface area contributed by atoms with E-state index in [-0.39, 0.29) is 24.0 Å². The third kappa shape index (κ3) is 5.49. The summed E-state index contributed by atoms with van der Waals surface area (Å²) >= 11 is 1.83. The number of benzene rings is 1. The van der Waals surface area contributed by atoms with E-state index in [1.165, 1.54) is 11.1 Å². The lowest BCUT2D eigenvalue weighted by Crippen LogP contribution is -2.44. The molecule has 0 aromatic heterocycles. The molecule has 112 valence electrons. The van der Waals surface area contributed by atoms with Crippen LogP contribution in [0.15, 0.2) is 29.3 Å². The summed E-state index contributed by atoms with van der Waals surface area (Å²) in [6, 6.07) is 8.53. The van der Waals surface area contributed by atoms with Crippen molar-refractivity contribution in [2.24, 2.45) is 10.7 Å². The number of nitrogens with two attached hydrogens (primary N) is 1. The van der Waals surface area contributed by atoms with Crippen LogP contribution < -0.4 is 5.73 Å². The van der Waals surface area contributed by atoms with Crippen LogP contribution in [0.25, 0.3) is 0 Å². The number of aliphatic imine (C=N–C) groups is 1. The van der Waals surface area contributed by atoms with Crippen LogP contribution >= 0.6 is 35.7 Å². The summed E-state index contributed by atoms with van der Waals surface area (Å²) in [5, 5.41) is 0. The third-order valence-electron chi connectivity index (χ3n) is 3.06. The quantitative estimate of drug-likeness (QED) is 0.473. The first-order valence-corrected chi connectivity index (χ1v) is 7.88. The van der Waals surface area contributed by atoms with Gasteiger partial charge >= 0.3 is 0 Å². The molecule has 1 aromatic carbocycles. The second kappa shape index (κ2) is 9.46. The zero-order valence-electron chi connectivity index (χ0n) is 11.7. The molecule has 0 amide bonds. The van der Waals surface area contributed by atoms with Crippen molar-refractivity contribution < 1.29 is 4.74 Å². The van der Waals surface area contributed by atoms with Gasteiger partial charge in [0.05, 0.1) is 19.8 Å². The third-order valence-corrected chi connectivity index (χ3v) is 3.68. The van der Waals surface area contributed by atoms with Crippen LogP contribution in [0.1, 0.15) is 11.1 Å². The van der Waals surface area contributed by atoms with Gasteiger partial charge in [0.15, 0.2) is 5.96 Å². The summed E-state index contributed by atoms with van der Waals surface area (Å²) in [6.07, 6.45) is 2.11. The van der Waals surface area contributed by atoms with Gasteiger partial charge in [0.25, 0.3) is 0 Å². The first-order valence-electron chi connectivity index (χ1n) is 6.49. The SMILES string of the molecule is CSCc1cccc(CN=C(N)N2CCOCC2)c1.I. The fourth-order valence-corrected chi connectivity index (χ4v) is 2.56. The number of morpholine rings is 1. The van der Waals surface area contributed by atoms with E-state index in [1.54, 1.807) is 0 Å². The van der Waals surface area contributed by atoms with Crippen molar-refractivity contribution in [2.75, 3.05) is 32.6 Å². The van der Waals surface area contributed by atoms with Gasteiger partial charge in [0.1, 0.15) is 0 Å². The normalized spacial score (nSPS) is 15.8. The van der Waals surface area contributed by atoms with Gasteiger partial charge in [-0.05, 0) is 17.4 Å². The zero-order chi connectivity index (χ0) is 13.5. The van der Waals surface area contributed by atoms with E-state index in [4.69, 9.17) is 10.5 Å².